The predicted octanol–water partition coefficient (Wildman–Crippen LogP) is 10.1. The zero-order chi connectivity index (χ0) is 28.9. The second-order valence-corrected chi connectivity index (χ2v) is 17.3. The fraction of sp³-hybridized carbons (Fsp3) is 0.946. The van der Waals surface area contributed by atoms with Gasteiger partial charge in [-0.1, -0.05) is 79.9 Å². The molecule has 2 heteroatoms. The van der Waals surface area contributed by atoms with Gasteiger partial charge in [0.1, 0.15) is 0 Å². The van der Waals surface area contributed by atoms with Crippen LogP contribution in [0.1, 0.15) is 159 Å². The van der Waals surface area contributed by atoms with Crippen LogP contribution in [0.2, 0.25) is 0 Å². The summed E-state index contributed by atoms with van der Waals surface area (Å²) in [5.74, 6) is 4.88. The Morgan fingerprint density at radius 2 is 1.49 bits per heavy atom. The molecule has 2 nitrogen and oxygen atoms in total. The van der Waals surface area contributed by atoms with Crippen molar-refractivity contribution in [1.29, 1.82) is 0 Å². The average Bonchev–Trinajstić information content (AvgIpc) is 3.19. The van der Waals surface area contributed by atoms with E-state index >= 15 is 0 Å². The van der Waals surface area contributed by atoms with E-state index in [1.807, 2.05) is 6.92 Å². The van der Waals surface area contributed by atoms with Gasteiger partial charge in [-0.3, -0.25) is 0 Å². The molecule has 0 aromatic rings. The van der Waals surface area contributed by atoms with Crippen molar-refractivity contribution >= 4 is 0 Å². The normalized spacial score (nSPS) is 44.4. The largest absolute Gasteiger partial charge is 0.390 e. The van der Waals surface area contributed by atoms with E-state index in [0.29, 0.717) is 22.2 Å². The van der Waals surface area contributed by atoms with Crippen LogP contribution in [-0.4, -0.2) is 21.4 Å². The zero-order valence-electron chi connectivity index (χ0n) is 27.5. The highest BCUT2D eigenvalue weighted by Crippen LogP contribution is 2.68. The van der Waals surface area contributed by atoms with Crippen LogP contribution in [0.5, 0.6) is 0 Å². The van der Waals surface area contributed by atoms with Gasteiger partial charge >= 0.3 is 0 Å². The Morgan fingerprint density at radius 1 is 0.846 bits per heavy atom. The fourth-order valence-corrected chi connectivity index (χ4v) is 10.1. The smallest absolute Gasteiger partial charge is 0.0657 e. The third-order valence-corrected chi connectivity index (χ3v) is 13.5. The number of allylic oxidation sites excluding steroid dienone is 1. The molecule has 7 unspecified atom stereocenters. The van der Waals surface area contributed by atoms with Crippen molar-refractivity contribution in [2.24, 2.45) is 51.8 Å². The number of rotatable bonds is 5. The van der Waals surface area contributed by atoms with E-state index in [9.17, 15) is 10.2 Å². The first-order valence-electron chi connectivity index (χ1n) is 17.2. The molecule has 0 saturated heterocycles. The molecular weight excluding hydrogens is 476 g/mol. The predicted molar refractivity (Wildman–Crippen MR) is 167 cm³/mol. The summed E-state index contributed by atoms with van der Waals surface area (Å²) in [6, 6.07) is 0. The van der Waals surface area contributed by atoms with Crippen LogP contribution in [0.15, 0.2) is 11.6 Å². The molecule has 0 amide bonds. The monoisotopic (exact) mass is 543 g/mol. The van der Waals surface area contributed by atoms with E-state index in [1.54, 1.807) is 5.57 Å². The standard InChI is InChI=1S/C32H54O2.C5H12/c1-22-20-24-21-29(4,33)16-17-31(24,6)26-11-13-30(5)23(9-10-25(30)27(22)26)8-7-12-32(34)18-14-28(2,3)15-19-32;1-4-5(2)3/h20,22-23,25-27,33-34H,7-19,21H2,1-6H3;5H,4H2,1-3H3/t22?,23?,25?,26?,27?,29-,30?,31?;/m0./s1. The molecule has 0 heterocycles. The van der Waals surface area contributed by atoms with Crippen LogP contribution in [-0.2, 0) is 0 Å². The average molecular weight is 543 g/mol. The lowest BCUT2D eigenvalue weighted by atomic mass is 9.45. The van der Waals surface area contributed by atoms with Crippen molar-refractivity contribution in [3.63, 3.8) is 0 Å². The molecular formula is C37H66O2. The summed E-state index contributed by atoms with van der Waals surface area (Å²) < 4.78 is 0. The van der Waals surface area contributed by atoms with Crippen molar-refractivity contribution in [3.05, 3.63) is 11.6 Å². The van der Waals surface area contributed by atoms with Crippen molar-refractivity contribution in [3.8, 4) is 0 Å². The maximum Gasteiger partial charge on any atom is 0.0657 e. The molecule has 0 bridgehead atoms. The molecule has 5 rings (SSSR count). The highest BCUT2D eigenvalue weighted by Gasteiger charge is 2.60. The van der Waals surface area contributed by atoms with Gasteiger partial charge in [-0.25, -0.2) is 0 Å². The van der Waals surface area contributed by atoms with E-state index in [2.05, 4.69) is 61.5 Å². The number of fused-ring (bicyclic) bond motifs is 5. The minimum absolute atomic E-state index is 0.316. The highest BCUT2D eigenvalue weighted by molar-refractivity contribution is 5.28. The molecule has 0 aromatic heterocycles. The van der Waals surface area contributed by atoms with Crippen LogP contribution in [0.25, 0.3) is 0 Å². The molecule has 0 spiro atoms. The topological polar surface area (TPSA) is 40.5 Å². The van der Waals surface area contributed by atoms with E-state index in [-0.39, 0.29) is 5.60 Å². The third kappa shape index (κ3) is 6.53. The molecule has 5 aliphatic rings. The third-order valence-electron chi connectivity index (χ3n) is 13.5. The van der Waals surface area contributed by atoms with Crippen LogP contribution in [0, 0.1) is 51.8 Å². The molecule has 2 N–H and O–H groups in total. The van der Waals surface area contributed by atoms with Gasteiger partial charge in [-0.2, -0.15) is 0 Å². The first-order chi connectivity index (χ1) is 18.0. The number of aliphatic hydroxyl groups is 2. The summed E-state index contributed by atoms with van der Waals surface area (Å²) >= 11 is 0. The molecule has 0 radical (unpaired) electrons. The van der Waals surface area contributed by atoms with Crippen molar-refractivity contribution in [2.45, 2.75) is 170 Å². The van der Waals surface area contributed by atoms with Gasteiger partial charge < -0.3 is 10.2 Å². The summed E-state index contributed by atoms with van der Waals surface area (Å²) in [5, 5.41) is 22.0. The van der Waals surface area contributed by atoms with E-state index in [4.69, 9.17) is 0 Å². The maximum absolute atomic E-state index is 11.2. The van der Waals surface area contributed by atoms with Gasteiger partial charge in [-0.05, 0) is 142 Å². The second kappa shape index (κ2) is 11.4. The lowest BCUT2D eigenvalue weighted by molar-refractivity contribution is -0.0808. The molecule has 226 valence electrons. The van der Waals surface area contributed by atoms with Crippen molar-refractivity contribution in [2.75, 3.05) is 0 Å². The van der Waals surface area contributed by atoms with Crippen LogP contribution in [0.3, 0.4) is 0 Å². The Morgan fingerprint density at radius 3 is 2.10 bits per heavy atom. The maximum atomic E-state index is 11.2. The Kier molecular flexibility index (Phi) is 9.23. The Hall–Kier alpha value is -0.340. The zero-order valence-corrected chi connectivity index (χ0v) is 27.5. The molecule has 4 saturated carbocycles. The minimum Gasteiger partial charge on any atom is -0.390 e. The lowest BCUT2D eigenvalue weighted by Crippen LogP contribution is -2.53. The van der Waals surface area contributed by atoms with Gasteiger partial charge in [0.25, 0.3) is 0 Å². The highest BCUT2D eigenvalue weighted by atomic mass is 16.3. The first-order valence-corrected chi connectivity index (χ1v) is 17.2. The molecule has 5 aliphatic carbocycles. The molecule has 0 aromatic carbocycles. The van der Waals surface area contributed by atoms with Gasteiger partial charge in [-0.15, -0.1) is 0 Å². The summed E-state index contributed by atoms with van der Waals surface area (Å²) in [5.41, 5.74) is 1.93. The minimum atomic E-state index is -0.502. The first kappa shape index (κ1) is 31.6. The Bertz CT molecular complexity index is 857. The van der Waals surface area contributed by atoms with E-state index in [0.717, 1.165) is 61.7 Å². The second-order valence-electron chi connectivity index (χ2n) is 17.3. The Balaban J connectivity index is 0.000000648. The lowest BCUT2D eigenvalue weighted by Gasteiger charge is -2.60. The van der Waals surface area contributed by atoms with E-state index in [1.165, 1.54) is 64.2 Å². The van der Waals surface area contributed by atoms with Crippen molar-refractivity contribution in [1.82, 2.24) is 0 Å². The SMILES string of the molecule is CC1C=C2C[C@@](C)(O)CCC2(C)C2CCC3(C)C(CCCC4(O)CCC(C)(C)CC4)CCC3C12.CCC(C)C. The summed E-state index contributed by atoms with van der Waals surface area (Å²) in [6.45, 7) is 21.1. The molecule has 8 atom stereocenters. The summed E-state index contributed by atoms with van der Waals surface area (Å²) in [4.78, 5) is 0. The van der Waals surface area contributed by atoms with Gasteiger partial charge in [0.2, 0.25) is 0 Å². The summed E-state index contributed by atoms with van der Waals surface area (Å²) in [7, 11) is 0. The molecule has 4 fully saturated rings. The van der Waals surface area contributed by atoms with Gasteiger partial charge in [0.15, 0.2) is 0 Å². The quantitative estimate of drug-likeness (QED) is 0.339. The van der Waals surface area contributed by atoms with E-state index < -0.39 is 5.60 Å². The fourth-order valence-electron chi connectivity index (χ4n) is 10.1. The summed E-state index contributed by atoms with van der Waals surface area (Å²) in [6.07, 6.45) is 20.5. The number of hydrogen-bond acceptors (Lipinski definition) is 2. The van der Waals surface area contributed by atoms with Gasteiger partial charge in [0, 0.05) is 0 Å². The van der Waals surface area contributed by atoms with Crippen LogP contribution in [0.4, 0.5) is 0 Å². The number of hydrogen-bond donors (Lipinski definition) is 2. The molecule has 39 heavy (non-hydrogen) atoms. The van der Waals surface area contributed by atoms with Crippen LogP contribution >= 0.6 is 0 Å². The Labute approximate surface area is 243 Å². The van der Waals surface area contributed by atoms with Gasteiger partial charge in [0.05, 0.1) is 11.2 Å². The van der Waals surface area contributed by atoms with Crippen LogP contribution < -0.4 is 0 Å². The van der Waals surface area contributed by atoms with Crippen molar-refractivity contribution < 1.29 is 10.2 Å². The molecule has 0 aliphatic heterocycles.